The lowest BCUT2D eigenvalue weighted by Crippen LogP contribution is -2.17. The number of benzene rings is 1. The molecule has 0 radical (unpaired) electrons. The standard InChI is InChI=1S/C17H17IN4OS/c18-17-20-15-14(19-11-22(15)13-8-4-5-9-23-13)16(21-17)24-10-12-6-2-1-3-7-12/h1-3,6-7,11,13H,4-5,8-10H2. The fraction of sp³-hybridized carbons (Fsp3) is 0.353. The van der Waals surface area contributed by atoms with Crippen molar-refractivity contribution >= 4 is 45.5 Å². The van der Waals surface area contributed by atoms with Crippen LogP contribution in [0.2, 0.25) is 0 Å². The van der Waals surface area contributed by atoms with Gasteiger partial charge in [-0.05, 0) is 24.8 Å². The van der Waals surface area contributed by atoms with Crippen LogP contribution in [0.1, 0.15) is 31.1 Å². The number of ether oxygens (including phenoxy) is 1. The molecule has 0 saturated carbocycles. The van der Waals surface area contributed by atoms with Gasteiger partial charge in [-0.2, -0.15) is 0 Å². The third kappa shape index (κ3) is 3.43. The molecule has 1 saturated heterocycles. The van der Waals surface area contributed by atoms with Crippen molar-refractivity contribution in [1.82, 2.24) is 19.5 Å². The normalized spacial score (nSPS) is 18.1. The molecule has 1 fully saturated rings. The van der Waals surface area contributed by atoms with Gasteiger partial charge >= 0.3 is 0 Å². The van der Waals surface area contributed by atoms with Crippen LogP contribution in [0.5, 0.6) is 0 Å². The molecule has 7 heteroatoms. The molecule has 4 rings (SSSR count). The molecule has 124 valence electrons. The molecule has 0 amide bonds. The Morgan fingerprint density at radius 3 is 2.88 bits per heavy atom. The molecule has 0 N–H and O–H groups in total. The molecule has 1 aliphatic rings. The first-order valence-corrected chi connectivity index (χ1v) is 10.1. The molecule has 0 bridgehead atoms. The number of hydrogen-bond donors (Lipinski definition) is 0. The van der Waals surface area contributed by atoms with Crippen LogP contribution in [0.15, 0.2) is 41.7 Å². The number of thioether (sulfide) groups is 1. The quantitative estimate of drug-likeness (QED) is 0.254. The number of fused-ring (bicyclic) bond motifs is 1. The summed E-state index contributed by atoms with van der Waals surface area (Å²) in [6.07, 6.45) is 5.22. The van der Waals surface area contributed by atoms with Gasteiger partial charge in [0.1, 0.15) is 16.8 Å². The maximum atomic E-state index is 5.89. The summed E-state index contributed by atoms with van der Waals surface area (Å²) in [4.78, 5) is 13.8. The van der Waals surface area contributed by atoms with Crippen LogP contribution in [0.3, 0.4) is 0 Å². The molecule has 5 nitrogen and oxygen atoms in total. The number of halogens is 1. The van der Waals surface area contributed by atoms with E-state index in [9.17, 15) is 0 Å². The van der Waals surface area contributed by atoms with E-state index in [1.165, 1.54) is 12.0 Å². The highest BCUT2D eigenvalue weighted by Crippen LogP contribution is 2.31. The minimum absolute atomic E-state index is 0.0430. The van der Waals surface area contributed by atoms with Crippen molar-refractivity contribution in [2.45, 2.75) is 36.3 Å². The Labute approximate surface area is 158 Å². The van der Waals surface area contributed by atoms with Gasteiger partial charge in [0.25, 0.3) is 0 Å². The third-order valence-electron chi connectivity index (χ3n) is 4.05. The van der Waals surface area contributed by atoms with Crippen molar-refractivity contribution < 1.29 is 4.74 Å². The molecule has 0 aliphatic carbocycles. The minimum atomic E-state index is 0.0430. The zero-order valence-corrected chi connectivity index (χ0v) is 16.0. The van der Waals surface area contributed by atoms with Gasteiger partial charge in [-0.25, -0.2) is 15.0 Å². The molecule has 1 aliphatic heterocycles. The Balaban J connectivity index is 1.64. The van der Waals surface area contributed by atoms with E-state index in [1.54, 1.807) is 11.8 Å². The summed E-state index contributed by atoms with van der Waals surface area (Å²) in [6, 6.07) is 10.4. The highest BCUT2D eigenvalue weighted by Gasteiger charge is 2.21. The predicted octanol–water partition coefficient (Wildman–Crippen LogP) is 4.42. The summed E-state index contributed by atoms with van der Waals surface area (Å²) in [5.41, 5.74) is 3.02. The highest BCUT2D eigenvalue weighted by molar-refractivity contribution is 14.1. The second-order valence-corrected chi connectivity index (χ2v) is 7.65. The zero-order chi connectivity index (χ0) is 16.4. The van der Waals surface area contributed by atoms with Crippen LogP contribution in [0, 0.1) is 3.83 Å². The summed E-state index contributed by atoms with van der Waals surface area (Å²) < 4.78 is 8.70. The van der Waals surface area contributed by atoms with Crippen molar-refractivity contribution in [3.8, 4) is 0 Å². The van der Waals surface area contributed by atoms with Gasteiger partial charge in [0.2, 0.25) is 0 Å². The van der Waals surface area contributed by atoms with Crippen molar-refractivity contribution in [3.63, 3.8) is 0 Å². The average molecular weight is 452 g/mol. The second kappa shape index (κ2) is 7.37. The fourth-order valence-electron chi connectivity index (χ4n) is 2.85. The minimum Gasteiger partial charge on any atom is -0.358 e. The van der Waals surface area contributed by atoms with E-state index in [0.29, 0.717) is 0 Å². The van der Waals surface area contributed by atoms with Gasteiger partial charge in [0, 0.05) is 35.0 Å². The fourth-order valence-corrected chi connectivity index (χ4v) is 4.41. The zero-order valence-electron chi connectivity index (χ0n) is 13.1. The van der Waals surface area contributed by atoms with E-state index in [2.05, 4.69) is 66.4 Å². The van der Waals surface area contributed by atoms with E-state index in [0.717, 1.165) is 45.2 Å². The highest BCUT2D eigenvalue weighted by atomic mass is 127. The predicted molar refractivity (Wildman–Crippen MR) is 103 cm³/mol. The Morgan fingerprint density at radius 1 is 1.21 bits per heavy atom. The summed E-state index contributed by atoms with van der Waals surface area (Å²) in [7, 11) is 0. The van der Waals surface area contributed by atoms with Crippen molar-refractivity contribution in [1.29, 1.82) is 0 Å². The largest absolute Gasteiger partial charge is 0.358 e. The number of nitrogens with zero attached hydrogens (tertiary/aromatic N) is 4. The van der Waals surface area contributed by atoms with Gasteiger partial charge < -0.3 is 4.74 Å². The molecule has 3 heterocycles. The van der Waals surface area contributed by atoms with Crippen molar-refractivity contribution in [2.24, 2.45) is 0 Å². The van der Waals surface area contributed by atoms with Crippen LogP contribution in [0.4, 0.5) is 0 Å². The smallest absolute Gasteiger partial charge is 0.193 e. The molecule has 0 spiro atoms. The molecular weight excluding hydrogens is 435 g/mol. The van der Waals surface area contributed by atoms with Crippen molar-refractivity contribution in [2.75, 3.05) is 6.61 Å². The lowest BCUT2D eigenvalue weighted by molar-refractivity contribution is -0.0298. The molecule has 1 unspecified atom stereocenters. The van der Waals surface area contributed by atoms with E-state index < -0.39 is 0 Å². The summed E-state index contributed by atoms with van der Waals surface area (Å²) >= 11 is 3.88. The molecule has 24 heavy (non-hydrogen) atoms. The summed E-state index contributed by atoms with van der Waals surface area (Å²) in [5.74, 6) is 0.871. The van der Waals surface area contributed by atoms with Crippen LogP contribution < -0.4 is 0 Å². The van der Waals surface area contributed by atoms with Gasteiger partial charge in [-0.1, -0.05) is 42.1 Å². The summed E-state index contributed by atoms with van der Waals surface area (Å²) in [6.45, 7) is 0.808. The monoisotopic (exact) mass is 452 g/mol. The van der Waals surface area contributed by atoms with E-state index in [1.807, 2.05) is 12.4 Å². The molecule has 2 aromatic heterocycles. The first kappa shape index (κ1) is 16.3. The lowest BCUT2D eigenvalue weighted by atomic mass is 10.2. The Bertz CT molecular complexity index is 833. The molecule has 1 atom stereocenters. The van der Waals surface area contributed by atoms with E-state index in [4.69, 9.17) is 4.74 Å². The average Bonchev–Trinajstić information content (AvgIpc) is 3.05. The lowest BCUT2D eigenvalue weighted by Gasteiger charge is -2.23. The molecule has 3 aromatic rings. The van der Waals surface area contributed by atoms with Gasteiger partial charge in [-0.15, -0.1) is 0 Å². The first-order valence-electron chi connectivity index (χ1n) is 7.99. The Hall–Kier alpha value is -1.19. The maximum absolute atomic E-state index is 5.89. The van der Waals surface area contributed by atoms with Crippen LogP contribution in [-0.4, -0.2) is 26.1 Å². The van der Waals surface area contributed by atoms with E-state index >= 15 is 0 Å². The Kier molecular flexibility index (Phi) is 5.00. The summed E-state index contributed by atoms with van der Waals surface area (Å²) in [5, 5.41) is 0.933. The third-order valence-corrected chi connectivity index (χ3v) is 5.56. The van der Waals surface area contributed by atoms with Crippen LogP contribution in [-0.2, 0) is 10.5 Å². The number of aromatic nitrogens is 4. The molecular formula is C17H17IN4OS. The van der Waals surface area contributed by atoms with E-state index in [-0.39, 0.29) is 6.23 Å². The maximum Gasteiger partial charge on any atom is 0.193 e. The van der Waals surface area contributed by atoms with Crippen LogP contribution in [0.25, 0.3) is 11.2 Å². The number of imidazole rings is 1. The SMILES string of the molecule is Ic1nc(SCc2ccccc2)c2ncn(C3CCCCO3)c2n1. The van der Waals surface area contributed by atoms with Gasteiger partial charge in [0.05, 0.1) is 6.33 Å². The number of hydrogen-bond acceptors (Lipinski definition) is 5. The number of rotatable bonds is 4. The van der Waals surface area contributed by atoms with Gasteiger partial charge in [0.15, 0.2) is 9.48 Å². The topological polar surface area (TPSA) is 52.8 Å². The first-order chi connectivity index (χ1) is 11.8. The molecule has 1 aromatic carbocycles. The Morgan fingerprint density at radius 2 is 2.08 bits per heavy atom. The second-order valence-electron chi connectivity index (χ2n) is 5.72. The van der Waals surface area contributed by atoms with Gasteiger partial charge in [-0.3, -0.25) is 4.57 Å². The van der Waals surface area contributed by atoms with Crippen LogP contribution >= 0.6 is 34.4 Å². The van der Waals surface area contributed by atoms with Crippen molar-refractivity contribution in [3.05, 3.63) is 46.1 Å².